The molecule has 0 spiro atoms. The Labute approximate surface area is 197 Å². The first-order valence-electron chi connectivity index (χ1n) is 10.2. The lowest BCUT2D eigenvalue weighted by Crippen LogP contribution is -2.50. The first kappa shape index (κ1) is 25.8. The number of ether oxygens (including phenoxy) is 1. The fourth-order valence-corrected chi connectivity index (χ4v) is 3.65. The number of rotatable bonds is 10. The van der Waals surface area contributed by atoms with E-state index in [0.29, 0.717) is 15.7 Å². The summed E-state index contributed by atoms with van der Waals surface area (Å²) in [4.78, 5) is 44.1. The van der Waals surface area contributed by atoms with Crippen molar-refractivity contribution in [1.82, 2.24) is 15.2 Å². The van der Waals surface area contributed by atoms with Gasteiger partial charge in [-0.2, -0.15) is 0 Å². The number of halogens is 1. The minimum absolute atomic E-state index is 0.0316. The van der Waals surface area contributed by atoms with Gasteiger partial charge in [0.2, 0.25) is 17.7 Å². The summed E-state index contributed by atoms with van der Waals surface area (Å²) < 4.78 is 5.17. The molecule has 174 valence electrons. The summed E-state index contributed by atoms with van der Waals surface area (Å²) >= 11 is 7.32. The van der Waals surface area contributed by atoms with Crippen LogP contribution in [0.15, 0.2) is 35.8 Å². The fraction of sp³-hybridized carbons (Fsp3) is 0.455. The number of methoxy groups -OCH3 is 1. The predicted octanol–water partition coefficient (Wildman–Crippen LogP) is 3.65. The topological polar surface area (TPSA) is 101 Å². The largest absolute Gasteiger partial charge is 0.383 e. The Morgan fingerprint density at radius 1 is 1.19 bits per heavy atom. The maximum atomic E-state index is 13.2. The third kappa shape index (κ3) is 8.22. The molecule has 2 aromatic rings. The number of nitrogens with one attached hydrogen (secondary N) is 2. The Kier molecular flexibility index (Phi) is 9.61. The van der Waals surface area contributed by atoms with Gasteiger partial charge in [-0.05, 0) is 38.5 Å². The molecule has 0 unspecified atom stereocenters. The maximum Gasteiger partial charge on any atom is 0.247 e. The van der Waals surface area contributed by atoms with Crippen LogP contribution in [0.3, 0.4) is 0 Å². The van der Waals surface area contributed by atoms with Gasteiger partial charge < -0.3 is 20.3 Å². The second kappa shape index (κ2) is 11.9. The highest BCUT2D eigenvalue weighted by atomic mass is 35.5. The number of carbonyl (C=O) groups is 3. The van der Waals surface area contributed by atoms with E-state index in [1.165, 1.54) is 23.3 Å². The Morgan fingerprint density at radius 2 is 1.88 bits per heavy atom. The van der Waals surface area contributed by atoms with Gasteiger partial charge in [0, 0.05) is 48.6 Å². The van der Waals surface area contributed by atoms with E-state index >= 15 is 0 Å². The Balaban J connectivity index is 2.23. The maximum absolute atomic E-state index is 13.2. The molecule has 1 aromatic heterocycles. The van der Waals surface area contributed by atoms with Gasteiger partial charge in [-0.3, -0.25) is 14.4 Å². The molecule has 1 aromatic carbocycles. The van der Waals surface area contributed by atoms with Crippen molar-refractivity contribution in [3.05, 3.63) is 46.4 Å². The number of amides is 3. The highest BCUT2D eigenvalue weighted by Crippen LogP contribution is 2.25. The second-order valence-electron chi connectivity index (χ2n) is 8.16. The number of benzene rings is 1. The van der Waals surface area contributed by atoms with Gasteiger partial charge in [-0.1, -0.05) is 23.7 Å². The molecule has 3 amide bonds. The van der Waals surface area contributed by atoms with Crippen molar-refractivity contribution in [3.8, 4) is 0 Å². The van der Waals surface area contributed by atoms with Crippen molar-refractivity contribution in [2.24, 2.45) is 0 Å². The van der Waals surface area contributed by atoms with E-state index in [2.05, 4.69) is 15.6 Å². The van der Waals surface area contributed by atoms with E-state index in [0.717, 1.165) is 0 Å². The van der Waals surface area contributed by atoms with E-state index in [1.54, 1.807) is 35.8 Å². The molecule has 0 fully saturated rings. The SMILES string of the molecule is COCCN(C(=O)CCC(=O)Nc1nccs1)[C@H](C(=O)NC(C)(C)C)c1ccc(Cl)cc1. The third-order valence-electron chi connectivity index (χ3n) is 4.35. The molecular weight excluding hydrogens is 452 g/mol. The molecule has 2 rings (SSSR count). The number of nitrogens with zero attached hydrogens (tertiary/aromatic N) is 2. The summed E-state index contributed by atoms with van der Waals surface area (Å²) in [6.45, 7) is 6.04. The summed E-state index contributed by atoms with van der Waals surface area (Å²) in [6.07, 6.45) is 1.49. The Bertz CT molecular complexity index is 898. The molecule has 0 saturated heterocycles. The molecule has 2 N–H and O–H groups in total. The van der Waals surface area contributed by atoms with Crippen LogP contribution in [-0.4, -0.2) is 53.4 Å². The van der Waals surface area contributed by atoms with E-state index in [1.807, 2.05) is 20.8 Å². The average molecular weight is 481 g/mol. The fourth-order valence-electron chi connectivity index (χ4n) is 2.97. The second-order valence-corrected chi connectivity index (χ2v) is 9.49. The van der Waals surface area contributed by atoms with E-state index in [4.69, 9.17) is 16.3 Å². The Hall–Kier alpha value is -2.49. The minimum atomic E-state index is -0.892. The molecule has 1 heterocycles. The normalized spacial score (nSPS) is 12.2. The molecule has 0 saturated carbocycles. The zero-order valence-corrected chi connectivity index (χ0v) is 20.3. The van der Waals surface area contributed by atoms with E-state index < -0.39 is 11.6 Å². The van der Waals surface area contributed by atoms with Crippen molar-refractivity contribution in [3.63, 3.8) is 0 Å². The van der Waals surface area contributed by atoms with Gasteiger partial charge in [0.05, 0.1) is 6.61 Å². The quantitative estimate of drug-likeness (QED) is 0.540. The number of anilines is 1. The van der Waals surface area contributed by atoms with Crippen LogP contribution in [-0.2, 0) is 19.1 Å². The number of hydrogen-bond donors (Lipinski definition) is 2. The van der Waals surface area contributed by atoms with Crippen LogP contribution >= 0.6 is 22.9 Å². The van der Waals surface area contributed by atoms with Crippen molar-refractivity contribution < 1.29 is 19.1 Å². The molecule has 0 radical (unpaired) electrons. The van der Waals surface area contributed by atoms with Crippen LogP contribution in [0.5, 0.6) is 0 Å². The van der Waals surface area contributed by atoms with Crippen molar-refractivity contribution in [2.75, 3.05) is 25.6 Å². The molecule has 0 aliphatic heterocycles. The van der Waals surface area contributed by atoms with Gasteiger partial charge in [0.25, 0.3) is 0 Å². The van der Waals surface area contributed by atoms with Gasteiger partial charge in [0.1, 0.15) is 6.04 Å². The van der Waals surface area contributed by atoms with Gasteiger partial charge in [-0.15, -0.1) is 11.3 Å². The highest BCUT2D eigenvalue weighted by Gasteiger charge is 2.33. The summed E-state index contributed by atoms with van der Waals surface area (Å²) in [6, 6.07) is 5.90. The van der Waals surface area contributed by atoms with Crippen molar-refractivity contribution in [2.45, 2.75) is 45.2 Å². The molecule has 0 aliphatic rings. The number of aromatic nitrogens is 1. The predicted molar refractivity (Wildman–Crippen MR) is 126 cm³/mol. The number of hydrogen-bond acceptors (Lipinski definition) is 6. The summed E-state index contributed by atoms with van der Waals surface area (Å²) in [5, 5.41) is 8.35. The molecule has 8 nitrogen and oxygen atoms in total. The molecule has 0 aliphatic carbocycles. The monoisotopic (exact) mass is 480 g/mol. The van der Waals surface area contributed by atoms with E-state index in [-0.39, 0.29) is 43.7 Å². The lowest BCUT2D eigenvalue weighted by Gasteiger charge is -2.33. The first-order valence-corrected chi connectivity index (χ1v) is 11.4. The van der Waals surface area contributed by atoms with Gasteiger partial charge >= 0.3 is 0 Å². The standard InChI is InChI=1S/C22H29ClN4O4S/c1-22(2,3)26-20(30)19(15-5-7-16(23)8-6-15)27(12-13-31-4)18(29)10-9-17(28)25-21-24-11-14-32-21/h5-8,11,14,19H,9-10,12-13H2,1-4H3,(H,26,30)(H,24,25,28)/t19-/m0/s1. The van der Waals surface area contributed by atoms with E-state index in [9.17, 15) is 14.4 Å². The van der Waals surface area contributed by atoms with Crippen LogP contribution < -0.4 is 10.6 Å². The minimum Gasteiger partial charge on any atom is -0.383 e. The summed E-state index contributed by atoms with van der Waals surface area (Å²) in [7, 11) is 1.52. The first-order chi connectivity index (χ1) is 15.1. The van der Waals surface area contributed by atoms with Crippen LogP contribution in [0.2, 0.25) is 5.02 Å². The average Bonchev–Trinajstić information content (AvgIpc) is 3.22. The molecule has 10 heteroatoms. The lowest BCUT2D eigenvalue weighted by molar-refractivity contribution is -0.142. The number of thiazole rings is 1. The smallest absolute Gasteiger partial charge is 0.247 e. The molecule has 1 atom stereocenters. The van der Waals surface area contributed by atoms with Crippen molar-refractivity contribution in [1.29, 1.82) is 0 Å². The third-order valence-corrected chi connectivity index (χ3v) is 5.29. The van der Waals surface area contributed by atoms with Gasteiger partial charge in [-0.25, -0.2) is 4.98 Å². The van der Waals surface area contributed by atoms with Crippen LogP contribution in [0.25, 0.3) is 0 Å². The zero-order valence-electron chi connectivity index (χ0n) is 18.7. The molecule has 0 bridgehead atoms. The van der Waals surface area contributed by atoms with Crippen LogP contribution in [0.1, 0.15) is 45.2 Å². The molecule has 32 heavy (non-hydrogen) atoms. The van der Waals surface area contributed by atoms with Crippen LogP contribution in [0, 0.1) is 0 Å². The zero-order chi connectivity index (χ0) is 23.7. The van der Waals surface area contributed by atoms with Crippen LogP contribution in [0.4, 0.5) is 5.13 Å². The van der Waals surface area contributed by atoms with Gasteiger partial charge in [0.15, 0.2) is 5.13 Å². The highest BCUT2D eigenvalue weighted by molar-refractivity contribution is 7.13. The van der Waals surface area contributed by atoms with Crippen molar-refractivity contribution >= 4 is 45.8 Å². The summed E-state index contributed by atoms with van der Waals surface area (Å²) in [5.41, 5.74) is 0.124. The molecular formula is C22H29ClN4O4S. The number of carbonyl (C=O) groups excluding carboxylic acids is 3. The summed E-state index contributed by atoms with van der Waals surface area (Å²) in [5.74, 6) is -0.973. The lowest BCUT2D eigenvalue weighted by atomic mass is 10.0. The Morgan fingerprint density at radius 3 is 2.44 bits per heavy atom.